The number of nitrogens with zero attached hydrogens (tertiary/aromatic N) is 1. The molecule has 0 bridgehead atoms. The second-order valence-corrected chi connectivity index (χ2v) is 8.17. The van der Waals surface area contributed by atoms with Crippen molar-refractivity contribution in [1.82, 2.24) is 5.32 Å². The van der Waals surface area contributed by atoms with E-state index in [1.54, 1.807) is 12.1 Å². The lowest BCUT2D eigenvalue weighted by Crippen LogP contribution is -2.30. The number of carbonyl (C=O) groups excluding carboxylic acids is 1. The van der Waals surface area contributed by atoms with E-state index in [1.165, 1.54) is 10.5 Å². The molecule has 31 heavy (non-hydrogen) atoms. The average Bonchev–Trinajstić information content (AvgIpc) is 3.30. The summed E-state index contributed by atoms with van der Waals surface area (Å²) in [7, 11) is 0. The summed E-state index contributed by atoms with van der Waals surface area (Å²) < 4.78 is 11.6. The standard InChI is InChI=1S/C25H24N2O3S/c1-16(2)18-7-9-20(10-8-18)29-15-22-12-11-21(30-22)14-23-24(28)27(25(31)26-23)19-6-4-5-17(3)13-19/h4-14,16H,15H2,1-3H3,(H,26,31)/b23-14+. The molecule has 1 amide bonds. The largest absolute Gasteiger partial charge is 0.486 e. The molecule has 3 aromatic rings. The molecule has 0 atom stereocenters. The Balaban J connectivity index is 1.43. The van der Waals surface area contributed by atoms with Crippen LogP contribution in [0.4, 0.5) is 5.69 Å². The highest BCUT2D eigenvalue weighted by atomic mass is 32.1. The van der Waals surface area contributed by atoms with E-state index in [2.05, 4.69) is 31.3 Å². The number of carbonyl (C=O) groups is 1. The lowest BCUT2D eigenvalue weighted by Gasteiger charge is -2.14. The average molecular weight is 433 g/mol. The minimum absolute atomic E-state index is 0.213. The van der Waals surface area contributed by atoms with Crippen LogP contribution >= 0.6 is 12.2 Å². The number of hydrogen-bond donors (Lipinski definition) is 1. The van der Waals surface area contributed by atoms with Gasteiger partial charge in [-0.1, -0.05) is 38.1 Å². The molecule has 0 radical (unpaired) electrons. The summed E-state index contributed by atoms with van der Waals surface area (Å²) in [6.07, 6.45) is 1.66. The van der Waals surface area contributed by atoms with Gasteiger partial charge in [0.2, 0.25) is 0 Å². The van der Waals surface area contributed by atoms with Crippen molar-refractivity contribution in [2.75, 3.05) is 4.90 Å². The summed E-state index contributed by atoms with van der Waals surface area (Å²) in [5, 5.41) is 3.33. The summed E-state index contributed by atoms with van der Waals surface area (Å²) in [6.45, 7) is 6.60. The fourth-order valence-electron chi connectivity index (χ4n) is 3.33. The second kappa shape index (κ2) is 8.78. The first kappa shape index (κ1) is 20.9. The third kappa shape index (κ3) is 4.70. The zero-order chi connectivity index (χ0) is 22.0. The number of anilines is 1. The molecule has 1 saturated heterocycles. The van der Waals surface area contributed by atoms with E-state index in [0.717, 1.165) is 17.0 Å². The maximum atomic E-state index is 12.9. The van der Waals surface area contributed by atoms with Crippen LogP contribution in [0.2, 0.25) is 0 Å². The molecule has 2 heterocycles. The molecular weight excluding hydrogens is 408 g/mol. The Hall–Kier alpha value is -3.38. The molecule has 1 N–H and O–H groups in total. The van der Waals surface area contributed by atoms with Crippen LogP contribution in [-0.2, 0) is 11.4 Å². The van der Waals surface area contributed by atoms with Crippen LogP contribution in [0.25, 0.3) is 6.08 Å². The van der Waals surface area contributed by atoms with Gasteiger partial charge in [-0.15, -0.1) is 0 Å². The molecule has 4 rings (SSSR count). The molecule has 0 aliphatic carbocycles. The third-order valence-corrected chi connectivity index (χ3v) is 5.32. The van der Waals surface area contributed by atoms with Crippen molar-refractivity contribution < 1.29 is 13.9 Å². The normalized spacial score (nSPS) is 15.1. The van der Waals surface area contributed by atoms with Crippen LogP contribution in [0.5, 0.6) is 5.75 Å². The fourth-order valence-corrected chi connectivity index (χ4v) is 3.63. The highest BCUT2D eigenvalue weighted by Gasteiger charge is 2.32. The maximum absolute atomic E-state index is 12.9. The molecule has 6 heteroatoms. The highest BCUT2D eigenvalue weighted by Crippen LogP contribution is 2.24. The molecule has 1 aliphatic rings. The van der Waals surface area contributed by atoms with Crippen molar-refractivity contribution in [3.8, 4) is 5.75 Å². The molecular formula is C25H24N2O3S. The molecule has 0 saturated carbocycles. The van der Waals surface area contributed by atoms with Crippen LogP contribution in [0.3, 0.4) is 0 Å². The van der Waals surface area contributed by atoms with E-state index in [9.17, 15) is 4.79 Å². The number of nitrogens with one attached hydrogen (secondary N) is 1. The smallest absolute Gasteiger partial charge is 0.281 e. The number of thiocarbonyl (C=S) groups is 1. The SMILES string of the molecule is Cc1cccc(N2C(=O)/C(=C\c3ccc(COc4ccc(C(C)C)cc4)o3)NC2=S)c1. The Kier molecular flexibility index (Phi) is 5.91. The van der Waals surface area contributed by atoms with Crippen LogP contribution in [0.1, 0.15) is 42.4 Å². The number of rotatable bonds is 6. The van der Waals surface area contributed by atoms with Crippen LogP contribution in [0.15, 0.2) is 70.8 Å². The number of amides is 1. The van der Waals surface area contributed by atoms with Gasteiger partial charge in [-0.05, 0) is 72.6 Å². The van der Waals surface area contributed by atoms with Gasteiger partial charge in [-0.2, -0.15) is 0 Å². The molecule has 0 spiro atoms. The van der Waals surface area contributed by atoms with Crippen molar-refractivity contribution in [3.05, 3.63) is 89.0 Å². The Bertz CT molecular complexity index is 1150. The van der Waals surface area contributed by atoms with Gasteiger partial charge >= 0.3 is 0 Å². The van der Waals surface area contributed by atoms with Crippen LogP contribution in [-0.4, -0.2) is 11.0 Å². The van der Waals surface area contributed by atoms with Crippen molar-refractivity contribution in [2.24, 2.45) is 0 Å². The van der Waals surface area contributed by atoms with E-state index in [1.807, 2.05) is 49.4 Å². The number of aryl methyl sites for hydroxylation is 1. The van der Waals surface area contributed by atoms with Gasteiger partial charge in [0.05, 0.1) is 5.69 Å². The first-order valence-electron chi connectivity index (χ1n) is 10.2. The van der Waals surface area contributed by atoms with Gasteiger partial charge in [0.1, 0.15) is 29.6 Å². The number of hydrogen-bond acceptors (Lipinski definition) is 4. The molecule has 0 unspecified atom stereocenters. The van der Waals surface area contributed by atoms with Gasteiger partial charge in [0, 0.05) is 6.08 Å². The van der Waals surface area contributed by atoms with Crippen LogP contribution in [0, 0.1) is 6.92 Å². The van der Waals surface area contributed by atoms with Crippen molar-refractivity contribution in [3.63, 3.8) is 0 Å². The second-order valence-electron chi connectivity index (χ2n) is 7.78. The van der Waals surface area contributed by atoms with Gasteiger partial charge in [-0.25, -0.2) is 0 Å². The maximum Gasteiger partial charge on any atom is 0.281 e. The summed E-state index contributed by atoms with van der Waals surface area (Å²) in [6, 6.07) is 19.4. The predicted molar refractivity (Wildman–Crippen MR) is 126 cm³/mol. The summed E-state index contributed by atoms with van der Waals surface area (Å²) in [5.41, 5.74) is 3.44. The Morgan fingerprint density at radius 1 is 1.13 bits per heavy atom. The lowest BCUT2D eigenvalue weighted by atomic mass is 10.0. The van der Waals surface area contributed by atoms with Gasteiger partial charge in [-0.3, -0.25) is 9.69 Å². The monoisotopic (exact) mass is 432 g/mol. The summed E-state index contributed by atoms with van der Waals surface area (Å²) in [4.78, 5) is 14.4. The van der Waals surface area contributed by atoms with E-state index >= 15 is 0 Å². The minimum atomic E-state index is -0.213. The quantitative estimate of drug-likeness (QED) is 0.409. The first-order chi connectivity index (χ1) is 14.9. The fraction of sp³-hybridized carbons (Fsp3) is 0.200. The first-order valence-corrected chi connectivity index (χ1v) is 10.6. The van der Waals surface area contributed by atoms with E-state index in [4.69, 9.17) is 21.4 Å². The zero-order valence-corrected chi connectivity index (χ0v) is 18.5. The van der Waals surface area contributed by atoms with Gasteiger partial charge in [0.25, 0.3) is 5.91 Å². The molecule has 158 valence electrons. The predicted octanol–water partition coefficient (Wildman–Crippen LogP) is 5.55. The van der Waals surface area contributed by atoms with Gasteiger partial charge in [0.15, 0.2) is 5.11 Å². The minimum Gasteiger partial charge on any atom is -0.486 e. The summed E-state index contributed by atoms with van der Waals surface area (Å²) >= 11 is 5.36. The van der Waals surface area contributed by atoms with Crippen molar-refractivity contribution in [1.29, 1.82) is 0 Å². The van der Waals surface area contributed by atoms with Gasteiger partial charge < -0.3 is 14.5 Å². The molecule has 1 aliphatic heterocycles. The zero-order valence-electron chi connectivity index (χ0n) is 17.7. The number of ether oxygens (including phenoxy) is 1. The number of furan rings is 1. The van der Waals surface area contributed by atoms with Crippen LogP contribution < -0.4 is 15.0 Å². The molecule has 1 aromatic heterocycles. The molecule has 2 aromatic carbocycles. The Morgan fingerprint density at radius 2 is 1.90 bits per heavy atom. The van der Waals surface area contributed by atoms with Crippen molar-refractivity contribution >= 4 is 35.0 Å². The molecule has 1 fully saturated rings. The van der Waals surface area contributed by atoms with E-state index in [-0.39, 0.29) is 5.91 Å². The van der Waals surface area contributed by atoms with E-state index < -0.39 is 0 Å². The Morgan fingerprint density at radius 3 is 2.61 bits per heavy atom. The topological polar surface area (TPSA) is 54.7 Å². The highest BCUT2D eigenvalue weighted by molar-refractivity contribution is 7.80. The summed E-state index contributed by atoms with van der Waals surface area (Å²) in [5.74, 6) is 2.28. The third-order valence-electron chi connectivity index (χ3n) is 5.03. The Labute approximate surface area is 187 Å². The van der Waals surface area contributed by atoms with E-state index in [0.29, 0.717) is 34.9 Å². The number of benzene rings is 2. The molecule has 5 nitrogen and oxygen atoms in total. The van der Waals surface area contributed by atoms with Crippen molar-refractivity contribution in [2.45, 2.75) is 33.3 Å². The lowest BCUT2D eigenvalue weighted by molar-refractivity contribution is -0.113.